The number of rotatable bonds is 0. The number of carbonyl (C=O) groups excluding carboxylic acids is 1. The summed E-state index contributed by atoms with van der Waals surface area (Å²) in [4.78, 5) is 15.2. The van der Waals surface area contributed by atoms with E-state index in [0.29, 0.717) is 5.75 Å². The van der Waals surface area contributed by atoms with Crippen LogP contribution < -0.4 is 5.32 Å². The van der Waals surface area contributed by atoms with Crippen LogP contribution in [0.15, 0.2) is 29.9 Å². The van der Waals surface area contributed by atoms with Crippen LogP contribution in [0.5, 0.6) is 0 Å². The SMILES string of the molecule is C=CC.Cc1cnc2c(c1)NC(=O)CS2. The molecule has 4 heteroatoms. The second-order valence-electron chi connectivity index (χ2n) is 3.11. The van der Waals surface area contributed by atoms with E-state index in [-0.39, 0.29) is 5.91 Å². The van der Waals surface area contributed by atoms with Gasteiger partial charge in [-0.1, -0.05) is 17.8 Å². The highest BCUT2D eigenvalue weighted by Crippen LogP contribution is 2.29. The van der Waals surface area contributed by atoms with Crippen molar-refractivity contribution in [2.45, 2.75) is 18.9 Å². The van der Waals surface area contributed by atoms with Gasteiger partial charge in [-0.3, -0.25) is 4.79 Å². The summed E-state index contributed by atoms with van der Waals surface area (Å²) in [6.45, 7) is 7.21. The average Bonchev–Trinajstić information content (AvgIpc) is 2.18. The summed E-state index contributed by atoms with van der Waals surface area (Å²) < 4.78 is 0. The Hall–Kier alpha value is -1.29. The average molecular weight is 222 g/mol. The fraction of sp³-hybridized carbons (Fsp3) is 0.273. The summed E-state index contributed by atoms with van der Waals surface area (Å²) in [7, 11) is 0. The van der Waals surface area contributed by atoms with Gasteiger partial charge in [-0.2, -0.15) is 0 Å². The van der Waals surface area contributed by atoms with Crippen LogP contribution in [0.2, 0.25) is 0 Å². The van der Waals surface area contributed by atoms with Crippen LogP contribution in [0, 0.1) is 6.92 Å². The molecule has 1 aromatic heterocycles. The van der Waals surface area contributed by atoms with Crippen molar-refractivity contribution in [2.75, 3.05) is 11.1 Å². The Kier molecular flexibility index (Phi) is 4.37. The maximum Gasteiger partial charge on any atom is 0.234 e. The Morgan fingerprint density at radius 1 is 1.67 bits per heavy atom. The van der Waals surface area contributed by atoms with Gasteiger partial charge in [0.25, 0.3) is 0 Å². The van der Waals surface area contributed by atoms with Gasteiger partial charge in [0, 0.05) is 6.20 Å². The number of allylic oxidation sites excluding steroid dienone is 1. The first-order valence-corrected chi connectivity index (χ1v) is 5.62. The number of hydrogen-bond acceptors (Lipinski definition) is 3. The zero-order valence-electron chi connectivity index (χ0n) is 8.91. The minimum absolute atomic E-state index is 0.0555. The Morgan fingerprint density at radius 2 is 2.33 bits per heavy atom. The number of hydrogen-bond donors (Lipinski definition) is 1. The highest BCUT2D eigenvalue weighted by molar-refractivity contribution is 8.00. The van der Waals surface area contributed by atoms with Crippen molar-refractivity contribution in [2.24, 2.45) is 0 Å². The second kappa shape index (κ2) is 5.56. The number of nitrogens with zero attached hydrogens (tertiary/aromatic N) is 1. The molecule has 0 radical (unpaired) electrons. The molecule has 0 bridgehead atoms. The van der Waals surface area contributed by atoms with E-state index in [2.05, 4.69) is 16.9 Å². The van der Waals surface area contributed by atoms with Crippen molar-refractivity contribution >= 4 is 23.4 Å². The van der Waals surface area contributed by atoms with Crippen molar-refractivity contribution in [1.82, 2.24) is 4.98 Å². The van der Waals surface area contributed by atoms with Gasteiger partial charge in [-0.05, 0) is 25.5 Å². The molecule has 0 unspecified atom stereocenters. The lowest BCUT2D eigenvalue weighted by Crippen LogP contribution is -2.19. The predicted molar refractivity (Wildman–Crippen MR) is 64.2 cm³/mol. The van der Waals surface area contributed by atoms with Crippen LogP contribution in [-0.4, -0.2) is 16.6 Å². The molecule has 0 aliphatic carbocycles. The van der Waals surface area contributed by atoms with E-state index in [0.717, 1.165) is 16.3 Å². The summed E-state index contributed by atoms with van der Waals surface area (Å²) >= 11 is 1.48. The van der Waals surface area contributed by atoms with Gasteiger partial charge < -0.3 is 5.32 Å². The lowest BCUT2D eigenvalue weighted by molar-refractivity contribution is -0.113. The molecule has 0 spiro atoms. The van der Waals surface area contributed by atoms with Crippen molar-refractivity contribution < 1.29 is 4.79 Å². The molecule has 1 N–H and O–H groups in total. The number of aromatic nitrogens is 1. The molecule has 1 aliphatic heterocycles. The molecule has 2 heterocycles. The normalized spacial score (nSPS) is 13.1. The van der Waals surface area contributed by atoms with Gasteiger partial charge in [0.15, 0.2) is 0 Å². The Labute approximate surface area is 94.0 Å². The fourth-order valence-corrected chi connectivity index (χ4v) is 1.81. The van der Waals surface area contributed by atoms with Gasteiger partial charge in [-0.15, -0.1) is 6.58 Å². The monoisotopic (exact) mass is 222 g/mol. The third kappa shape index (κ3) is 3.40. The van der Waals surface area contributed by atoms with E-state index in [1.807, 2.05) is 26.1 Å². The lowest BCUT2D eigenvalue weighted by atomic mass is 10.3. The summed E-state index contributed by atoms with van der Waals surface area (Å²) in [6.07, 6.45) is 3.56. The van der Waals surface area contributed by atoms with Crippen molar-refractivity contribution in [3.05, 3.63) is 30.5 Å². The Morgan fingerprint density at radius 3 is 3.00 bits per heavy atom. The standard InChI is InChI=1S/C8H8N2OS.C3H6/c1-5-2-6-8(9-3-5)12-4-7(11)10-6;1-3-2/h2-3H,4H2,1H3,(H,10,11);3H,1H2,2H3. The molecular formula is C11H14N2OS. The van der Waals surface area contributed by atoms with Gasteiger partial charge >= 0.3 is 0 Å². The van der Waals surface area contributed by atoms with Crippen molar-refractivity contribution in [1.29, 1.82) is 0 Å². The number of carbonyl (C=O) groups is 1. The quantitative estimate of drug-likeness (QED) is 0.686. The number of fused-ring (bicyclic) bond motifs is 1. The molecule has 0 aromatic carbocycles. The number of anilines is 1. The maximum absolute atomic E-state index is 11.0. The zero-order chi connectivity index (χ0) is 11.3. The molecular weight excluding hydrogens is 208 g/mol. The number of nitrogens with one attached hydrogen (secondary N) is 1. The van der Waals surface area contributed by atoms with Crippen molar-refractivity contribution in [3.63, 3.8) is 0 Å². The molecule has 3 nitrogen and oxygen atoms in total. The van der Waals surface area contributed by atoms with Crippen molar-refractivity contribution in [3.8, 4) is 0 Å². The highest BCUT2D eigenvalue weighted by atomic mass is 32.2. The smallest absolute Gasteiger partial charge is 0.234 e. The molecule has 0 fully saturated rings. The molecule has 80 valence electrons. The van der Waals surface area contributed by atoms with Crippen LogP contribution >= 0.6 is 11.8 Å². The van der Waals surface area contributed by atoms with Crippen LogP contribution in [0.3, 0.4) is 0 Å². The third-order valence-electron chi connectivity index (χ3n) is 1.60. The first kappa shape index (κ1) is 11.8. The van der Waals surface area contributed by atoms with E-state index in [4.69, 9.17) is 0 Å². The molecule has 15 heavy (non-hydrogen) atoms. The molecule has 1 aromatic rings. The van der Waals surface area contributed by atoms with E-state index in [9.17, 15) is 4.79 Å². The van der Waals surface area contributed by atoms with Crippen LogP contribution in [0.4, 0.5) is 5.69 Å². The Balaban J connectivity index is 0.000000337. The minimum Gasteiger partial charge on any atom is -0.323 e. The maximum atomic E-state index is 11.0. The zero-order valence-corrected chi connectivity index (χ0v) is 9.73. The number of amides is 1. The minimum atomic E-state index is 0.0555. The largest absolute Gasteiger partial charge is 0.323 e. The van der Waals surface area contributed by atoms with E-state index < -0.39 is 0 Å². The van der Waals surface area contributed by atoms with Crippen LogP contribution in [-0.2, 0) is 4.79 Å². The second-order valence-corrected chi connectivity index (χ2v) is 4.07. The summed E-state index contributed by atoms with van der Waals surface area (Å²) in [5.41, 5.74) is 1.91. The third-order valence-corrected chi connectivity index (χ3v) is 2.61. The number of aryl methyl sites for hydroxylation is 1. The number of thioether (sulfide) groups is 1. The predicted octanol–water partition coefficient (Wildman–Crippen LogP) is 2.63. The van der Waals surface area contributed by atoms with E-state index >= 15 is 0 Å². The molecule has 1 aliphatic rings. The van der Waals surface area contributed by atoms with Gasteiger partial charge in [-0.25, -0.2) is 4.98 Å². The molecule has 1 amide bonds. The number of pyridine rings is 1. The lowest BCUT2D eigenvalue weighted by Gasteiger charge is -2.14. The first-order valence-electron chi connectivity index (χ1n) is 4.63. The molecule has 2 rings (SSSR count). The Bertz CT molecular complexity index is 377. The summed E-state index contributed by atoms with van der Waals surface area (Å²) in [5, 5.41) is 3.70. The molecule has 0 atom stereocenters. The van der Waals surface area contributed by atoms with Gasteiger partial charge in [0.2, 0.25) is 5.91 Å². The summed E-state index contributed by atoms with van der Waals surface area (Å²) in [5.74, 6) is 0.531. The van der Waals surface area contributed by atoms with Crippen LogP contribution in [0.25, 0.3) is 0 Å². The topological polar surface area (TPSA) is 42.0 Å². The fourth-order valence-electron chi connectivity index (χ4n) is 1.08. The summed E-state index contributed by atoms with van der Waals surface area (Å²) in [6, 6.07) is 1.94. The van der Waals surface area contributed by atoms with E-state index in [1.54, 1.807) is 6.08 Å². The van der Waals surface area contributed by atoms with Crippen LogP contribution in [0.1, 0.15) is 12.5 Å². The van der Waals surface area contributed by atoms with E-state index in [1.165, 1.54) is 11.8 Å². The molecule has 0 saturated carbocycles. The highest BCUT2D eigenvalue weighted by Gasteiger charge is 2.15. The first-order chi connectivity index (χ1) is 7.17. The molecule has 0 saturated heterocycles. The van der Waals surface area contributed by atoms with Gasteiger partial charge in [0.05, 0.1) is 11.4 Å². The van der Waals surface area contributed by atoms with Gasteiger partial charge in [0.1, 0.15) is 5.03 Å².